The normalized spacial score (nSPS) is 23.0. The number of aryl methyl sites for hydroxylation is 1. The summed E-state index contributed by atoms with van der Waals surface area (Å²) in [4.78, 5) is 10.0. The number of aromatic nitrogens is 1. The minimum absolute atomic E-state index is 0. The molecule has 3 aromatic rings. The molecule has 2 aromatic carbocycles. The summed E-state index contributed by atoms with van der Waals surface area (Å²) in [5.74, 6) is 3.37. The Labute approximate surface area is 191 Å². The zero-order valence-electron chi connectivity index (χ0n) is 17.6. The number of methoxy groups -OCH3 is 1. The lowest BCUT2D eigenvalue weighted by atomic mass is 9.89. The maximum atomic E-state index is 5.34. The van der Waals surface area contributed by atoms with Crippen LogP contribution in [0.5, 0.6) is 5.75 Å². The van der Waals surface area contributed by atoms with Crippen LogP contribution in [0.3, 0.4) is 0 Å². The second kappa shape index (κ2) is 9.01. The first-order valence-corrected chi connectivity index (χ1v) is 10.1. The zero-order valence-corrected chi connectivity index (χ0v) is 19.2. The van der Waals surface area contributed by atoms with E-state index < -0.39 is 0 Å². The number of anilines is 1. The largest absolute Gasteiger partial charge is 0.497 e. The zero-order chi connectivity index (χ0) is 19.3. The smallest absolute Gasteiger partial charge is 0.129 e. The molecule has 0 saturated carbocycles. The van der Waals surface area contributed by atoms with Crippen LogP contribution < -0.4 is 9.64 Å². The predicted molar refractivity (Wildman–Crippen MR) is 129 cm³/mol. The second-order valence-corrected chi connectivity index (χ2v) is 8.30. The summed E-state index contributed by atoms with van der Waals surface area (Å²) in [6.07, 6.45) is 0. The molecule has 5 rings (SSSR count). The first-order valence-electron chi connectivity index (χ1n) is 10.1. The summed E-state index contributed by atoms with van der Waals surface area (Å²) < 4.78 is 5.34. The Kier molecular flexibility index (Phi) is 6.81. The average Bonchev–Trinajstić information content (AvgIpc) is 3.25. The van der Waals surface area contributed by atoms with Crippen LogP contribution in [0.2, 0.25) is 0 Å². The van der Waals surface area contributed by atoms with Gasteiger partial charge in [-0.05, 0) is 55.3 Å². The molecule has 1 aromatic heterocycles. The van der Waals surface area contributed by atoms with E-state index in [1.807, 2.05) is 0 Å². The van der Waals surface area contributed by atoms with Crippen molar-refractivity contribution in [2.45, 2.75) is 13.0 Å². The molecule has 3 heterocycles. The number of hydrogen-bond donors (Lipinski definition) is 0. The Morgan fingerprint density at radius 3 is 2.43 bits per heavy atom. The van der Waals surface area contributed by atoms with Crippen LogP contribution in [0.15, 0.2) is 54.6 Å². The third-order valence-electron chi connectivity index (χ3n) is 6.59. The highest BCUT2D eigenvalue weighted by molar-refractivity contribution is 5.85. The Balaban J connectivity index is 0.00000128. The molecule has 0 amide bonds. The molecule has 3 atom stereocenters. The van der Waals surface area contributed by atoms with Crippen molar-refractivity contribution in [2.75, 3.05) is 38.7 Å². The Morgan fingerprint density at radius 2 is 1.70 bits per heavy atom. The second-order valence-electron chi connectivity index (χ2n) is 8.30. The average molecular weight is 446 g/mol. The van der Waals surface area contributed by atoms with Crippen LogP contribution in [0.1, 0.15) is 17.2 Å². The van der Waals surface area contributed by atoms with Crippen molar-refractivity contribution in [3.05, 3.63) is 65.7 Å². The number of likely N-dealkylation sites (tertiary alicyclic amines) is 1. The van der Waals surface area contributed by atoms with Crippen LogP contribution >= 0.6 is 24.8 Å². The van der Waals surface area contributed by atoms with Crippen molar-refractivity contribution in [3.8, 4) is 5.75 Å². The van der Waals surface area contributed by atoms with Crippen molar-refractivity contribution in [2.24, 2.45) is 11.8 Å². The van der Waals surface area contributed by atoms with Crippen molar-refractivity contribution in [3.63, 3.8) is 0 Å². The van der Waals surface area contributed by atoms with E-state index in [9.17, 15) is 0 Å². The quantitative estimate of drug-likeness (QED) is 0.558. The Hall–Kier alpha value is -2.01. The summed E-state index contributed by atoms with van der Waals surface area (Å²) in [5, 5.41) is 1.25. The number of rotatable bonds is 3. The number of pyridine rings is 1. The molecule has 0 spiro atoms. The molecule has 30 heavy (non-hydrogen) atoms. The SMILES string of the molecule is COc1ccc([C@H]2[C@@H]3CN(c4cc(C)c5ccccc5n4)C[C@@H]3CN2C)cc1.Cl.Cl. The fourth-order valence-electron chi connectivity index (χ4n) is 5.24. The number of benzene rings is 2. The summed E-state index contributed by atoms with van der Waals surface area (Å²) in [5.41, 5.74) is 3.79. The monoisotopic (exact) mass is 445 g/mol. The van der Waals surface area contributed by atoms with E-state index in [0.717, 1.165) is 36.7 Å². The van der Waals surface area contributed by atoms with Gasteiger partial charge in [-0.25, -0.2) is 4.98 Å². The summed E-state index contributed by atoms with van der Waals surface area (Å²) in [6, 6.07) is 19.8. The molecular weight excluding hydrogens is 417 g/mol. The van der Waals surface area contributed by atoms with Crippen molar-refractivity contribution >= 4 is 41.5 Å². The van der Waals surface area contributed by atoms with E-state index in [-0.39, 0.29) is 24.8 Å². The molecule has 2 aliphatic heterocycles. The van der Waals surface area contributed by atoms with Gasteiger partial charge < -0.3 is 9.64 Å². The topological polar surface area (TPSA) is 28.6 Å². The van der Waals surface area contributed by atoms with Crippen LogP contribution in [-0.2, 0) is 0 Å². The predicted octanol–water partition coefficient (Wildman–Crippen LogP) is 5.13. The molecule has 0 radical (unpaired) electrons. The Bertz CT molecular complexity index is 1010. The van der Waals surface area contributed by atoms with Gasteiger partial charge in [0.1, 0.15) is 11.6 Å². The molecule has 0 unspecified atom stereocenters. The van der Waals surface area contributed by atoms with E-state index in [4.69, 9.17) is 9.72 Å². The number of nitrogens with zero attached hydrogens (tertiary/aromatic N) is 3. The molecule has 6 heteroatoms. The van der Waals surface area contributed by atoms with Gasteiger partial charge in [0.05, 0.1) is 12.6 Å². The lowest BCUT2D eigenvalue weighted by molar-refractivity contribution is 0.279. The molecule has 0 bridgehead atoms. The van der Waals surface area contributed by atoms with Gasteiger partial charge in [0, 0.05) is 37.0 Å². The van der Waals surface area contributed by atoms with E-state index in [2.05, 4.69) is 78.4 Å². The molecule has 2 fully saturated rings. The van der Waals surface area contributed by atoms with Crippen LogP contribution in [0.25, 0.3) is 10.9 Å². The highest BCUT2D eigenvalue weighted by Crippen LogP contribution is 2.45. The van der Waals surface area contributed by atoms with Crippen molar-refractivity contribution < 1.29 is 4.74 Å². The van der Waals surface area contributed by atoms with E-state index in [1.54, 1.807) is 7.11 Å². The third-order valence-corrected chi connectivity index (χ3v) is 6.59. The van der Waals surface area contributed by atoms with Crippen LogP contribution in [-0.4, -0.2) is 43.7 Å². The number of ether oxygens (including phenoxy) is 1. The molecular formula is C24H29Cl2N3O. The van der Waals surface area contributed by atoms with E-state index in [1.165, 1.54) is 16.5 Å². The number of para-hydroxylation sites is 1. The highest BCUT2D eigenvalue weighted by atomic mass is 35.5. The van der Waals surface area contributed by atoms with E-state index >= 15 is 0 Å². The minimum atomic E-state index is 0. The van der Waals surface area contributed by atoms with Gasteiger partial charge >= 0.3 is 0 Å². The molecule has 0 aliphatic carbocycles. The molecule has 2 saturated heterocycles. The van der Waals surface area contributed by atoms with Gasteiger partial charge in [0.2, 0.25) is 0 Å². The third kappa shape index (κ3) is 3.84. The van der Waals surface area contributed by atoms with Crippen molar-refractivity contribution in [1.82, 2.24) is 9.88 Å². The van der Waals surface area contributed by atoms with Gasteiger partial charge in [-0.15, -0.1) is 24.8 Å². The number of hydrogen-bond acceptors (Lipinski definition) is 4. The maximum Gasteiger partial charge on any atom is 0.129 e. The minimum Gasteiger partial charge on any atom is -0.497 e. The first-order chi connectivity index (χ1) is 13.6. The van der Waals surface area contributed by atoms with Gasteiger partial charge in [-0.2, -0.15) is 0 Å². The lowest BCUT2D eigenvalue weighted by Crippen LogP contribution is -2.29. The van der Waals surface area contributed by atoms with Crippen LogP contribution in [0, 0.1) is 18.8 Å². The number of halogens is 2. The fourth-order valence-corrected chi connectivity index (χ4v) is 5.24. The summed E-state index contributed by atoms with van der Waals surface area (Å²) >= 11 is 0. The van der Waals surface area contributed by atoms with E-state index in [0.29, 0.717) is 17.9 Å². The highest BCUT2D eigenvalue weighted by Gasteiger charge is 2.46. The van der Waals surface area contributed by atoms with Gasteiger partial charge in [-0.3, -0.25) is 4.90 Å². The first kappa shape index (κ1) is 22.7. The summed E-state index contributed by atoms with van der Waals surface area (Å²) in [6.45, 7) is 5.49. The maximum absolute atomic E-state index is 5.34. The van der Waals surface area contributed by atoms with Crippen molar-refractivity contribution in [1.29, 1.82) is 0 Å². The molecule has 160 valence electrons. The van der Waals surface area contributed by atoms with Gasteiger partial charge in [0.25, 0.3) is 0 Å². The molecule has 2 aliphatic rings. The fraction of sp³-hybridized carbons (Fsp3) is 0.375. The number of fused-ring (bicyclic) bond motifs is 2. The lowest BCUT2D eigenvalue weighted by Gasteiger charge is -2.27. The summed E-state index contributed by atoms with van der Waals surface area (Å²) in [7, 11) is 3.98. The molecule has 4 nitrogen and oxygen atoms in total. The Morgan fingerprint density at radius 1 is 0.967 bits per heavy atom. The van der Waals surface area contributed by atoms with Gasteiger partial charge in [0.15, 0.2) is 0 Å². The van der Waals surface area contributed by atoms with Crippen LogP contribution in [0.4, 0.5) is 5.82 Å². The molecule has 0 N–H and O–H groups in total. The van der Waals surface area contributed by atoms with Gasteiger partial charge in [-0.1, -0.05) is 30.3 Å². The standard InChI is InChI=1S/C24H27N3O.2ClH/c1-16-12-23(25-22-7-5-4-6-20(16)22)27-14-18-13-26(2)24(21(18)15-27)17-8-10-19(28-3)11-9-17;;/h4-12,18,21,24H,13-15H2,1-3H3;2*1H/t18-,21+,24-;;/m0../s1.